The van der Waals surface area contributed by atoms with Crippen LogP contribution in [0.4, 0.5) is 18.9 Å². The lowest BCUT2D eigenvalue weighted by Crippen LogP contribution is -2.44. The van der Waals surface area contributed by atoms with E-state index in [9.17, 15) is 18.0 Å². The van der Waals surface area contributed by atoms with Gasteiger partial charge in [-0.2, -0.15) is 13.2 Å². The molecule has 0 saturated carbocycles. The number of rotatable bonds is 5. The number of aryl methyl sites for hydroxylation is 1. The van der Waals surface area contributed by atoms with Gasteiger partial charge in [-0.1, -0.05) is 0 Å². The molecule has 0 aliphatic carbocycles. The summed E-state index contributed by atoms with van der Waals surface area (Å²) in [6.45, 7) is 2.14. The highest BCUT2D eigenvalue weighted by atomic mass is 19.4. The molecule has 0 spiro atoms. The van der Waals surface area contributed by atoms with Crippen molar-refractivity contribution in [1.82, 2.24) is 24.4 Å². The van der Waals surface area contributed by atoms with Gasteiger partial charge in [0.15, 0.2) is 0 Å². The van der Waals surface area contributed by atoms with Gasteiger partial charge in [-0.05, 0) is 42.0 Å². The SMILES string of the molecule is COc1ccc(-c2ccnc(-c3cn(C)c(=O)n3-c3ccc(N4CCNCC4)c(C(F)(F)F)c3)c2)cn1. The molecule has 1 aromatic carbocycles. The number of aromatic nitrogens is 4. The Bertz CT molecular complexity index is 1470. The Morgan fingerprint density at radius 1 is 1.00 bits per heavy atom. The molecule has 0 atom stereocenters. The molecule has 11 heteroatoms. The molecule has 0 bridgehead atoms. The molecule has 1 aliphatic rings. The normalized spacial score (nSPS) is 14.1. The zero-order valence-corrected chi connectivity index (χ0v) is 20.3. The minimum absolute atomic E-state index is 0.107. The van der Waals surface area contributed by atoms with Crippen LogP contribution < -0.4 is 20.6 Å². The van der Waals surface area contributed by atoms with Crippen molar-refractivity contribution in [2.75, 3.05) is 38.2 Å². The predicted molar refractivity (Wildman–Crippen MR) is 134 cm³/mol. The van der Waals surface area contributed by atoms with Crippen molar-refractivity contribution in [3.05, 3.63) is 77.1 Å². The van der Waals surface area contributed by atoms with Crippen LogP contribution in [-0.4, -0.2) is 52.4 Å². The summed E-state index contributed by atoms with van der Waals surface area (Å²) in [7, 11) is 3.08. The van der Waals surface area contributed by atoms with E-state index in [2.05, 4.69) is 15.3 Å². The first-order valence-corrected chi connectivity index (χ1v) is 11.7. The van der Waals surface area contributed by atoms with E-state index in [-0.39, 0.29) is 11.4 Å². The largest absolute Gasteiger partial charge is 0.481 e. The molecule has 5 rings (SSSR count). The van der Waals surface area contributed by atoms with Crippen molar-refractivity contribution in [2.24, 2.45) is 7.05 Å². The van der Waals surface area contributed by atoms with Crippen LogP contribution in [-0.2, 0) is 13.2 Å². The number of benzene rings is 1. The molecule has 3 aromatic heterocycles. The summed E-state index contributed by atoms with van der Waals surface area (Å²) in [6.07, 6.45) is 0.221. The molecular formula is C26H25F3N6O2. The lowest BCUT2D eigenvalue weighted by Gasteiger charge is -2.31. The number of hydrogen-bond acceptors (Lipinski definition) is 6. The number of pyridine rings is 2. The molecule has 0 radical (unpaired) electrons. The number of halogens is 3. The molecule has 1 fully saturated rings. The maximum Gasteiger partial charge on any atom is 0.418 e. The van der Waals surface area contributed by atoms with E-state index in [0.29, 0.717) is 43.4 Å². The van der Waals surface area contributed by atoms with Crippen LogP contribution in [0.2, 0.25) is 0 Å². The Morgan fingerprint density at radius 2 is 1.78 bits per heavy atom. The molecule has 8 nitrogen and oxygen atoms in total. The van der Waals surface area contributed by atoms with Crippen LogP contribution in [0, 0.1) is 0 Å². The minimum atomic E-state index is -4.59. The van der Waals surface area contributed by atoms with Crippen LogP contribution >= 0.6 is 0 Å². The monoisotopic (exact) mass is 510 g/mol. The first-order valence-electron chi connectivity index (χ1n) is 11.7. The minimum Gasteiger partial charge on any atom is -0.481 e. The Kier molecular flexibility index (Phi) is 6.46. The number of nitrogens with zero attached hydrogens (tertiary/aromatic N) is 5. The fourth-order valence-corrected chi connectivity index (χ4v) is 4.48. The smallest absolute Gasteiger partial charge is 0.418 e. The molecule has 0 amide bonds. The molecule has 4 heterocycles. The Labute approximate surface area is 211 Å². The highest BCUT2D eigenvalue weighted by molar-refractivity contribution is 5.70. The third-order valence-electron chi connectivity index (χ3n) is 6.35. The maximum atomic E-state index is 14.2. The zero-order valence-electron chi connectivity index (χ0n) is 20.3. The van der Waals surface area contributed by atoms with Gasteiger partial charge in [-0.25, -0.2) is 9.78 Å². The van der Waals surface area contributed by atoms with Gasteiger partial charge in [0.1, 0.15) is 0 Å². The van der Waals surface area contributed by atoms with Crippen molar-refractivity contribution in [3.8, 4) is 34.1 Å². The van der Waals surface area contributed by atoms with Gasteiger partial charge in [0, 0.05) is 69.1 Å². The van der Waals surface area contributed by atoms with E-state index in [1.165, 1.54) is 22.3 Å². The topological polar surface area (TPSA) is 77.2 Å². The van der Waals surface area contributed by atoms with E-state index in [0.717, 1.165) is 17.2 Å². The van der Waals surface area contributed by atoms with E-state index in [1.807, 2.05) is 6.07 Å². The van der Waals surface area contributed by atoms with Crippen LogP contribution in [0.25, 0.3) is 28.2 Å². The van der Waals surface area contributed by atoms with Crippen molar-refractivity contribution >= 4 is 5.69 Å². The summed E-state index contributed by atoms with van der Waals surface area (Å²) in [6, 6.07) is 11.2. The van der Waals surface area contributed by atoms with Crippen molar-refractivity contribution < 1.29 is 17.9 Å². The van der Waals surface area contributed by atoms with Crippen LogP contribution in [0.15, 0.2) is 65.8 Å². The second kappa shape index (κ2) is 9.74. The van der Waals surface area contributed by atoms with Crippen LogP contribution in [0.3, 0.4) is 0 Å². The van der Waals surface area contributed by atoms with Crippen molar-refractivity contribution in [3.63, 3.8) is 0 Å². The number of imidazole rings is 1. The molecule has 0 unspecified atom stereocenters. The number of alkyl halides is 3. The molecule has 1 saturated heterocycles. The van der Waals surface area contributed by atoms with E-state index in [4.69, 9.17) is 4.74 Å². The Morgan fingerprint density at radius 3 is 2.46 bits per heavy atom. The fourth-order valence-electron chi connectivity index (χ4n) is 4.48. The van der Waals surface area contributed by atoms with Crippen LogP contribution in [0.1, 0.15) is 5.56 Å². The zero-order chi connectivity index (χ0) is 26.2. The quantitative estimate of drug-likeness (QED) is 0.441. The maximum absolute atomic E-state index is 14.2. The summed E-state index contributed by atoms with van der Waals surface area (Å²) in [5.41, 5.74) is 1.36. The molecule has 4 aromatic rings. The highest BCUT2D eigenvalue weighted by Crippen LogP contribution is 2.38. The molecule has 192 valence electrons. The van der Waals surface area contributed by atoms with Gasteiger partial charge in [-0.15, -0.1) is 0 Å². The second-order valence-electron chi connectivity index (χ2n) is 8.70. The summed E-state index contributed by atoms with van der Waals surface area (Å²) >= 11 is 0. The summed E-state index contributed by atoms with van der Waals surface area (Å²) in [5.74, 6) is 0.472. The Hall–Kier alpha value is -4.12. The highest BCUT2D eigenvalue weighted by Gasteiger charge is 2.36. The summed E-state index contributed by atoms with van der Waals surface area (Å²) in [4.78, 5) is 23.5. The average molecular weight is 511 g/mol. The van der Waals surface area contributed by atoms with E-state index in [1.54, 1.807) is 54.8 Å². The van der Waals surface area contributed by atoms with Gasteiger partial charge in [-0.3, -0.25) is 9.55 Å². The first-order chi connectivity index (χ1) is 17.8. The van der Waals surface area contributed by atoms with Crippen LogP contribution in [0.5, 0.6) is 5.88 Å². The lowest BCUT2D eigenvalue weighted by molar-refractivity contribution is -0.137. The van der Waals surface area contributed by atoms with Gasteiger partial charge in [0.2, 0.25) is 5.88 Å². The number of ether oxygens (including phenoxy) is 1. The second-order valence-corrected chi connectivity index (χ2v) is 8.70. The first kappa shape index (κ1) is 24.6. The number of methoxy groups -OCH3 is 1. The molecule has 37 heavy (non-hydrogen) atoms. The van der Waals surface area contributed by atoms with Crippen molar-refractivity contribution in [2.45, 2.75) is 6.18 Å². The fraction of sp³-hybridized carbons (Fsp3) is 0.269. The standard InChI is InChI=1S/C26H25F3N6O2/c1-33-16-23(21-13-17(7-8-31-21)18-3-6-24(37-2)32-15-18)35(25(33)36)19-4-5-22(20(14-19)26(27,28)29)34-11-9-30-10-12-34/h3-8,13-16,30H,9-12H2,1-2H3. The Balaban J connectivity index is 1.61. The summed E-state index contributed by atoms with van der Waals surface area (Å²) in [5, 5.41) is 3.15. The third kappa shape index (κ3) is 4.82. The number of hydrogen-bond donors (Lipinski definition) is 1. The van der Waals surface area contributed by atoms with Gasteiger partial charge < -0.3 is 19.5 Å². The molecular weight excluding hydrogens is 485 g/mol. The number of anilines is 1. The van der Waals surface area contributed by atoms with Crippen molar-refractivity contribution in [1.29, 1.82) is 0 Å². The van der Waals surface area contributed by atoms with Gasteiger partial charge in [0.25, 0.3) is 0 Å². The average Bonchev–Trinajstić information content (AvgIpc) is 3.22. The van der Waals surface area contributed by atoms with Gasteiger partial charge >= 0.3 is 11.9 Å². The van der Waals surface area contributed by atoms with Gasteiger partial charge in [0.05, 0.1) is 29.7 Å². The molecule has 1 N–H and O–H groups in total. The lowest BCUT2D eigenvalue weighted by atomic mass is 10.1. The third-order valence-corrected chi connectivity index (χ3v) is 6.35. The summed E-state index contributed by atoms with van der Waals surface area (Å²) < 4.78 is 50.2. The molecule has 1 aliphatic heterocycles. The predicted octanol–water partition coefficient (Wildman–Crippen LogP) is 3.74. The number of piperazine rings is 1. The number of nitrogens with one attached hydrogen (secondary N) is 1. The van der Waals surface area contributed by atoms with E-state index >= 15 is 0 Å². The van der Waals surface area contributed by atoms with E-state index < -0.39 is 17.4 Å².